The van der Waals surface area contributed by atoms with E-state index in [0.717, 1.165) is 18.4 Å². The predicted octanol–water partition coefficient (Wildman–Crippen LogP) is 1.08. The van der Waals surface area contributed by atoms with Crippen molar-refractivity contribution in [1.82, 2.24) is 14.9 Å². The van der Waals surface area contributed by atoms with Crippen LogP contribution in [0.4, 0.5) is 10.5 Å². The normalized spacial score (nSPS) is 23.7. The molecule has 0 radical (unpaired) electrons. The van der Waals surface area contributed by atoms with Gasteiger partial charge < -0.3 is 9.64 Å². The maximum atomic E-state index is 12.2. The van der Waals surface area contributed by atoms with Crippen LogP contribution < -0.4 is 4.90 Å². The highest BCUT2D eigenvalue weighted by Gasteiger charge is 2.48. The average molecular weight is 354 g/mol. The van der Waals surface area contributed by atoms with Gasteiger partial charge in [0.05, 0.1) is 30.2 Å². The van der Waals surface area contributed by atoms with Gasteiger partial charge in [-0.3, -0.25) is 4.90 Å². The SMILES string of the molecule is CC(C)(C)OC(=O)N1C2CC1CN(c1cnc(S(C)(=O)=O)nc1)C2. The number of hydrogen-bond donors (Lipinski definition) is 0. The first kappa shape index (κ1) is 16.9. The molecule has 3 saturated heterocycles. The Morgan fingerprint density at radius 1 is 1.21 bits per heavy atom. The number of piperidine rings is 1. The second-order valence-electron chi connectivity index (χ2n) is 7.33. The molecule has 0 aliphatic carbocycles. The second kappa shape index (κ2) is 5.58. The summed E-state index contributed by atoms with van der Waals surface area (Å²) >= 11 is 0. The van der Waals surface area contributed by atoms with Gasteiger partial charge in [-0.2, -0.15) is 0 Å². The van der Waals surface area contributed by atoms with Crippen molar-refractivity contribution in [3.05, 3.63) is 12.4 Å². The van der Waals surface area contributed by atoms with Crippen molar-refractivity contribution in [1.29, 1.82) is 0 Å². The van der Waals surface area contributed by atoms with Crippen molar-refractivity contribution in [2.45, 2.75) is 50.0 Å². The average Bonchev–Trinajstić information content (AvgIpc) is 2.44. The van der Waals surface area contributed by atoms with Crippen molar-refractivity contribution < 1.29 is 17.9 Å². The van der Waals surface area contributed by atoms with E-state index in [9.17, 15) is 13.2 Å². The number of carbonyl (C=O) groups excluding carboxylic acids is 1. The number of amides is 1. The first-order chi connectivity index (χ1) is 11.0. The van der Waals surface area contributed by atoms with Crippen molar-refractivity contribution in [3.63, 3.8) is 0 Å². The monoisotopic (exact) mass is 354 g/mol. The van der Waals surface area contributed by atoms with E-state index in [1.165, 1.54) is 12.4 Å². The molecule has 1 amide bonds. The molecular formula is C15H22N4O4S. The molecule has 2 atom stereocenters. The fourth-order valence-corrected chi connectivity index (χ4v) is 3.59. The van der Waals surface area contributed by atoms with Crippen molar-refractivity contribution >= 4 is 21.6 Å². The lowest BCUT2D eigenvalue weighted by Crippen LogP contribution is -2.70. The van der Waals surface area contributed by atoms with Crippen molar-refractivity contribution in [3.8, 4) is 0 Å². The summed E-state index contributed by atoms with van der Waals surface area (Å²) < 4.78 is 28.3. The van der Waals surface area contributed by atoms with E-state index in [2.05, 4.69) is 14.9 Å². The lowest BCUT2D eigenvalue weighted by molar-refractivity contribution is -0.0379. The molecule has 0 N–H and O–H groups in total. The van der Waals surface area contributed by atoms with Crippen LogP contribution in [0, 0.1) is 0 Å². The predicted molar refractivity (Wildman–Crippen MR) is 87.6 cm³/mol. The minimum Gasteiger partial charge on any atom is -0.444 e. The zero-order chi connectivity index (χ0) is 17.7. The number of sulfone groups is 1. The van der Waals surface area contributed by atoms with Gasteiger partial charge in [-0.25, -0.2) is 23.2 Å². The molecule has 9 heteroatoms. The first-order valence-corrected chi connectivity index (χ1v) is 9.72. The Balaban J connectivity index is 1.66. The zero-order valence-electron chi connectivity index (χ0n) is 14.3. The van der Waals surface area contributed by atoms with Gasteiger partial charge in [0.25, 0.3) is 0 Å². The van der Waals surface area contributed by atoms with E-state index >= 15 is 0 Å². The molecule has 4 rings (SSSR count). The number of carbonyl (C=O) groups is 1. The quantitative estimate of drug-likeness (QED) is 0.734. The van der Waals surface area contributed by atoms with Crippen LogP contribution in [0.5, 0.6) is 0 Å². The second-order valence-corrected chi connectivity index (χ2v) is 9.24. The minimum absolute atomic E-state index is 0.105. The Morgan fingerprint density at radius 2 is 1.75 bits per heavy atom. The van der Waals surface area contributed by atoms with E-state index in [4.69, 9.17) is 4.74 Å². The molecular weight excluding hydrogens is 332 g/mol. The van der Waals surface area contributed by atoms with Crippen LogP contribution in [0.1, 0.15) is 27.2 Å². The molecule has 2 unspecified atom stereocenters. The van der Waals surface area contributed by atoms with Crippen molar-refractivity contribution in [2.75, 3.05) is 24.2 Å². The zero-order valence-corrected chi connectivity index (χ0v) is 15.1. The number of nitrogens with zero attached hydrogens (tertiary/aromatic N) is 4. The Labute approximate surface area is 141 Å². The summed E-state index contributed by atoms with van der Waals surface area (Å²) in [6, 6.07) is 0.210. The molecule has 3 aliphatic rings. The minimum atomic E-state index is -3.40. The Kier molecular flexibility index (Phi) is 3.94. The van der Waals surface area contributed by atoms with Crippen LogP contribution >= 0.6 is 0 Å². The molecule has 1 aromatic rings. The van der Waals surface area contributed by atoms with Gasteiger partial charge in [0.15, 0.2) is 0 Å². The summed E-state index contributed by atoms with van der Waals surface area (Å²) in [4.78, 5) is 24.0. The first-order valence-electron chi connectivity index (χ1n) is 7.83. The molecule has 8 nitrogen and oxygen atoms in total. The number of anilines is 1. The van der Waals surface area contributed by atoms with Crippen LogP contribution in [-0.2, 0) is 14.6 Å². The third-order valence-electron chi connectivity index (χ3n) is 4.11. The molecule has 0 aromatic carbocycles. The van der Waals surface area contributed by atoms with Gasteiger partial charge in [-0.05, 0) is 27.2 Å². The molecule has 2 bridgehead atoms. The maximum Gasteiger partial charge on any atom is 0.410 e. The Hall–Kier alpha value is -1.90. The van der Waals surface area contributed by atoms with Crippen LogP contribution in [0.3, 0.4) is 0 Å². The summed E-state index contributed by atoms with van der Waals surface area (Å²) in [5.74, 6) is 0. The summed E-state index contributed by atoms with van der Waals surface area (Å²) in [7, 11) is -3.40. The van der Waals surface area contributed by atoms with Crippen LogP contribution in [0.15, 0.2) is 17.6 Å². The Morgan fingerprint density at radius 3 is 2.21 bits per heavy atom. The molecule has 3 fully saturated rings. The molecule has 132 valence electrons. The standard InChI is InChI=1S/C15H22N4O4S/c1-15(2,3)23-14(20)19-10-5-11(19)9-18(8-10)12-6-16-13(17-7-12)24(4,21)22/h6-7,10-11H,5,8-9H2,1-4H3. The van der Waals surface area contributed by atoms with E-state index in [-0.39, 0.29) is 23.3 Å². The van der Waals surface area contributed by atoms with Crippen LogP contribution in [0.25, 0.3) is 0 Å². The van der Waals surface area contributed by atoms with Crippen molar-refractivity contribution in [2.24, 2.45) is 0 Å². The fraction of sp³-hybridized carbons (Fsp3) is 0.667. The van der Waals surface area contributed by atoms with Gasteiger partial charge in [-0.1, -0.05) is 0 Å². The van der Waals surface area contributed by atoms with Gasteiger partial charge in [0.2, 0.25) is 15.0 Å². The van der Waals surface area contributed by atoms with Crippen LogP contribution in [0.2, 0.25) is 0 Å². The number of piperazine rings is 1. The highest BCUT2D eigenvalue weighted by atomic mass is 32.2. The third-order valence-corrected chi connectivity index (χ3v) is 4.98. The molecule has 0 spiro atoms. The number of ether oxygens (including phenoxy) is 1. The van der Waals surface area contributed by atoms with Gasteiger partial charge in [-0.15, -0.1) is 0 Å². The van der Waals surface area contributed by atoms with E-state index in [0.29, 0.717) is 13.1 Å². The summed E-state index contributed by atoms with van der Waals surface area (Å²) in [5, 5.41) is -0.177. The molecule has 1 aromatic heterocycles. The largest absolute Gasteiger partial charge is 0.444 e. The maximum absolute atomic E-state index is 12.2. The van der Waals surface area contributed by atoms with Gasteiger partial charge in [0.1, 0.15) is 5.60 Å². The summed E-state index contributed by atoms with van der Waals surface area (Å²) in [5.41, 5.74) is 0.261. The molecule has 0 saturated carbocycles. The van der Waals surface area contributed by atoms with Crippen LogP contribution in [-0.4, -0.2) is 66.4 Å². The number of hydrogen-bond acceptors (Lipinski definition) is 7. The summed E-state index contributed by atoms with van der Waals surface area (Å²) in [6.45, 7) is 6.89. The highest BCUT2D eigenvalue weighted by Crippen LogP contribution is 2.35. The molecule has 4 heterocycles. The lowest BCUT2D eigenvalue weighted by atomic mass is 9.88. The molecule has 24 heavy (non-hydrogen) atoms. The summed E-state index contributed by atoms with van der Waals surface area (Å²) in [6.07, 6.45) is 4.80. The van der Waals surface area contributed by atoms with Gasteiger partial charge >= 0.3 is 6.09 Å². The van der Waals surface area contributed by atoms with Gasteiger partial charge in [0, 0.05) is 19.3 Å². The lowest BCUT2D eigenvalue weighted by Gasteiger charge is -2.56. The van der Waals surface area contributed by atoms with E-state index in [1.54, 1.807) is 4.90 Å². The smallest absolute Gasteiger partial charge is 0.410 e. The van der Waals surface area contributed by atoms with E-state index in [1.807, 2.05) is 20.8 Å². The number of rotatable bonds is 2. The molecule has 3 aliphatic heterocycles. The van der Waals surface area contributed by atoms with E-state index < -0.39 is 15.4 Å². The fourth-order valence-electron chi connectivity index (χ4n) is 3.10. The number of fused-ring (bicyclic) bond motifs is 2. The Bertz CT molecular complexity index is 730. The number of aromatic nitrogens is 2. The highest BCUT2D eigenvalue weighted by molar-refractivity contribution is 7.90. The topological polar surface area (TPSA) is 92.7 Å². The third kappa shape index (κ3) is 3.31.